The van der Waals surface area contributed by atoms with E-state index >= 15 is 0 Å². The van der Waals surface area contributed by atoms with Crippen LogP contribution in [0.2, 0.25) is 0 Å². The van der Waals surface area contributed by atoms with Gasteiger partial charge in [0.1, 0.15) is 5.75 Å². The number of nitrogens with one attached hydrogen (secondary N) is 2. The maximum absolute atomic E-state index is 12.2. The summed E-state index contributed by atoms with van der Waals surface area (Å²) in [6.07, 6.45) is 2.16. The van der Waals surface area contributed by atoms with Crippen molar-refractivity contribution in [2.75, 3.05) is 19.6 Å². The molecular formula is C20H32N2O3. The first kappa shape index (κ1) is 19.7. The molecule has 1 aromatic rings. The minimum Gasteiger partial charge on any atom is -0.491 e. The highest BCUT2D eigenvalue weighted by atomic mass is 16.5. The lowest BCUT2D eigenvalue weighted by Gasteiger charge is -2.28. The Morgan fingerprint density at radius 2 is 2.04 bits per heavy atom. The lowest BCUT2D eigenvalue weighted by atomic mass is 9.84. The van der Waals surface area contributed by atoms with Crippen molar-refractivity contribution in [2.24, 2.45) is 11.8 Å². The first-order valence-electron chi connectivity index (χ1n) is 9.37. The molecule has 5 nitrogen and oxygen atoms in total. The monoisotopic (exact) mass is 348 g/mol. The topological polar surface area (TPSA) is 70.6 Å². The quantitative estimate of drug-likeness (QED) is 0.675. The molecule has 0 aliphatic carbocycles. The summed E-state index contributed by atoms with van der Waals surface area (Å²) in [5, 5.41) is 16.6. The zero-order valence-electron chi connectivity index (χ0n) is 15.6. The van der Waals surface area contributed by atoms with Gasteiger partial charge in [0.2, 0.25) is 5.91 Å². The van der Waals surface area contributed by atoms with Gasteiger partial charge in [-0.3, -0.25) is 4.79 Å². The van der Waals surface area contributed by atoms with Gasteiger partial charge in [-0.25, -0.2) is 0 Å². The van der Waals surface area contributed by atoms with E-state index in [1.54, 1.807) is 0 Å². The van der Waals surface area contributed by atoms with Crippen molar-refractivity contribution in [1.29, 1.82) is 0 Å². The van der Waals surface area contributed by atoms with Crippen LogP contribution in [0.15, 0.2) is 24.3 Å². The number of hydrogen-bond donors (Lipinski definition) is 3. The number of hydrogen-bond acceptors (Lipinski definition) is 4. The van der Waals surface area contributed by atoms with E-state index in [1.165, 1.54) is 0 Å². The maximum Gasteiger partial charge on any atom is 0.220 e. The average molecular weight is 348 g/mol. The molecule has 0 saturated carbocycles. The molecule has 1 heterocycles. The second kappa shape index (κ2) is 9.78. The molecule has 1 fully saturated rings. The van der Waals surface area contributed by atoms with Crippen LogP contribution in [-0.2, 0) is 4.79 Å². The molecule has 2 atom stereocenters. The van der Waals surface area contributed by atoms with Crippen LogP contribution in [0.4, 0.5) is 0 Å². The summed E-state index contributed by atoms with van der Waals surface area (Å²) >= 11 is 0. The fourth-order valence-corrected chi connectivity index (χ4v) is 3.34. The molecule has 1 saturated heterocycles. The summed E-state index contributed by atoms with van der Waals surface area (Å²) in [6.45, 7) is 8.40. The van der Waals surface area contributed by atoms with Gasteiger partial charge in [-0.1, -0.05) is 19.1 Å². The highest BCUT2D eigenvalue weighted by molar-refractivity contribution is 5.76. The van der Waals surface area contributed by atoms with Crippen molar-refractivity contribution in [2.45, 2.75) is 52.2 Å². The van der Waals surface area contributed by atoms with E-state index < -0.39 is 6.10 Å². The first-order valence-corrected chi connectivity index (χ1v) is 9.37. The van der Waals surface area contributed by atoms with Crippen LogP contribution in [0, 0.1) is 11.8 Å². The minimum absolute atomic E-state index is 0.0136. The molecule has 1 amide bonds. The third kappa shape index (κ3) is 6.67. The fourth-order valence-electron chi connectivity index (χ4n) is 3.34. The molecule has 2 unspecified atom stereocenters. The second-order valence-electron chi connectivity index (χ2n) is 7.33. The van der Waals surface area contributed by atoms with E-state index in [0.717, 1.165) is 37.2 Å². The smallest absolute Gasteiger partial charge is 0.220 e. The van der Waals surface area contributed by atoms with Crippen molar-refractivity contribution in [3.8, 4) is 5.75 Å². The summed E-state index contributed by atoms with van der Waals surface area (Å²) in [5.74, 6) is 1.74. The minimum atomic E-state index is -0.728. The number of ether oxygens (including phenoxy) is 1. The third-order valence-electron chi connectivity index (χ3n) is 4.80. The normalized spacial score (nSPS) is 18.0. The summed E-state index contributed by atoms with van der Waals surface area (Å²) in [4.78, 5) is 12.2. The van der Waals surface area contributed by atoms with Crippen LogP contribution in [-0.4, -0.2) is 36.8 Å². The van der Waals surface area contributed by atoms with Crippen molar-refractivity contribution < 1.29 is 14.6 Å². The van der Waals surface area contributed by atoms with E-state index in [4.69, 9.17) is 4.74 Å². The fraction of sp³-hybridized carbons (Fsp3) is 0.650. The van der Waals surface area contributed by atoms with Gasteiger partial charge in [0.05, 0.1) is 12.2 Å². The zero-order valence-corrected chi connectivity index (χ0v) is 15.6. The van der Waals surface area contributed by atoms with E-state index in [1.807, 2.05) is 38.1 Å². The van der Waals surface area contributed by atoms with E-state index in [-0.39, 0.29) is 18.6 Å². The lowest BCUT2D eigenvalue weighted by Crippen LogP contribution is -2.34. The standard InChI is InChI=1S/C20H32N2O3/c1-14(2)25-18-6-4-5-17(12-18)19(23)13-22-20(24)11-15(3)16-7-9-21-10-8-16/h4-6,12,14-16,19,21,23H,7-11,13H2,1-3H3,(H,22,24). The van der Waals surface area contributed by atoms with Crippen molar-refractivity contribution in [3.63, 3.8) is 0 Å². The molecule has 0 aromatic heterocycles. The predicted octanol–water partition coefficient (Wildman–Crippen LogP) is 2.65. The summed E-state index contributed by atoms with van der Waals surface area (Å²) in [6, 6.07) is 7.41. The van der Waals surface area contributed by atoms with Crippen LogP contribution >= 0.6 is 0 Å². The van der Waals surface area contributed by atoms with Crippen LogP contribution in [0.3, 0.4) is 0 Å². The van der Waals surface area contributed by atoms with Gasteiger partial charge in [0.15, 0.2) is 0 Å². The lowest BCUT2D eigenvalue weighted by molar-refractivity contribution is -0.122. The molecule has 0 radical (unpaired) electrons. The SMILES string of the molecule is CC(C)Oc1cccc(C(O)CNC(=O)CC(C)C2CCNCC2)c1. The van der Waals surface area contributed by atoms with Crippen LogP contribution in [0.5, 0.6) is 5.75 Å². The van der Waals surface area contributed by atoms with Crippen molar-refractivity contribution in [3.05, 3.63) is 29.8 Å². The van der Waals surface area contributed by atoms with Crippen LogP contribution in [0.25, 0.3) is 0 Å². The Bertz CT molecular complexity index is 541. The highest BCUT2D eigenvalue weighted by Crippen LogP contribution is 2.24. The Morgan fingerprint density at radius 1 is 1.32 bits per heavy atom. The number of amides is 1. The number of carbonyl (C=O) groups excluding carboxylic acids is 1. The third-order valence-corrected chi connectivity index (χ3v) is 4.80. The molecule has 1 aliphatic rings. The largest absolute Gasteiger partial charge is 0.491 e. The second-order valence-corrected chi connectivity index (χ2v) is 7.33. The molecule has 0 bridgehead atoms. The Morgan fingerprint density at radius 3 is 2.72 bits per heavy atom. The van der Waals surface area contributed by atoms with E-state index in [0.29, 0.717) is 18.3 Å². The average Bonchev–Trinajstić information content (AvgIpc) is 2.60. The van der Waals surface area contributed by atoms with E-state index in [9.17, 15) is 9.90 Å². The number of piperidine rings is 1. The molecule has 1 aliphatic heterocycles. The number of carbonyl (C=O) groups is 1. The summed E-state index contributed by atoms with van der Waals surface area (Å²) in [7, 11) is 0. The number of aliphatic hydroxyl groups is 1. The van der Waals surface area contributed by atoms with Crippen LogP contribution in [0.1, 0.15) is 51.7 Å². The highest BCUT2D eigenvalue weighted by Gasteiger charge is 2.22. The molecule has 25 heavy (non-hydrogen) atoms. The number of benzene rings is 1. The number of rotatable bonds is 8. The Hall–Kier alpha value is -1.59. The van der Waals surface area contributed by atoms with E-state index in [2.05, 4.69) is 17.6 Å². The van der Waals surface area contributed by atoms with Crippen molar-refractivity contribution in [1.82, 2.24) is 10.6 Å². The van der Waals surface area contributed by atoms with Gasteiger partial charge >= 0.3 is 0 Å². The van der Waals surface area contributed by atoms with Gasteiger partial charge in [-0.15, -0.1) is 0 Å². The van der Waals surface area contributed by atoms with Crippen LogP contribution < -0.4 is 15.4 Å². The zero-order chi connectivity index (χ0) is 18.2. The number of aliphatic hydroxyl groups excluding tert-OH is 1. The van der Waals surface area contributed by atoms with Gasteiger partial charge in [0, 0.05) is 13.0 Å². The summed E-state index contributed by atoms with van der Waals surface area (Å²) < 4.78 is 5.65. The molecule has 1 aromatic carbocycles. The molecule has 140 valence electrons. The van der Waals surface area contributed by atoms with Crippen molar-refractivity contribution >= 4 is 5.91 Å². The molecule has 0 spiro atoms. The molecule has 3 N–H and O–H groups in total. The van der Waals surface area contributed by atoms with Gasteiger partial charge in [-0.05, 0) is 69.3 Å². The van der Waals surface area contributed by atoms with Gasteiger partial charge in [0.25, 0.3) is 0 Å². The predicted molar refractivity (Wildman–Crippen MR) is 99.6 cm³/mol. The summed E-state index contributed by atoms with van der Waals surface area (Å²) in [5.41, 5.74) is 0.754. The molecule has 5 heteroatoms. The first-order chi connectivity index (χ1) is 12.0. The Labute approximate surface area is 151 Å². The Balaban J connectivity index is 1.78. The molecular weight excluding hydrogens is 316 g/mol. The maximum atomic E-state index is 12.2. The molecule has 2 rings (SSSR count). The van der Waals surface area contributed by atoms with Gasteiger partial charge in [-0.2, -0.15) is 0 Å². The Kier molecular flexibility index (Phi) is 7.72. The van der Waals surface area contributed by atoms with Gasteiger partial charge < -0.3 is 20.5 Å².